The maximum atomic E-state index is 12.7. The minimum atomic E-state index is -0.624. The number of carbonyl (C=O) groups is 4. The summed E-state index contributed by atoms with van der Waals surface area (Å²) in [5, 5.41) is 3.49. The van der Waals surface area contributed by atoms with Crippen LogP contribution >= 0.6 is 0 Å². The average molecular weight is 487 g/mol. The molecule has 3 amide bonds. The highest BCUT2D eigenvalue weighted by Gasteiger charge is 2.32. The van der Waals surface area contributed by atoms with E-state index in [1.54, 1.807) is 6.07 Å². The number of nitrogens with one attached hydrogen (secondary N) is 1. The van der Waals surface area contributed by atoms with Gasteiger partial charge in [0.05, 0.1) is 5.56 Å². The van der Waals surface area contributed by atoms with Crippen molar-refractivity contribution in [3.8, 4) is 11.8 Å². The molecule has 9 heteroatoms. The van der Waals surface area contributed by atoms with E-state index < -0.39 is 17.8 Å². The number of imide groups is 1. The maximum Gasteiger partial charge on any atom is 0.333 e. The van der Waals surface area contributed by atoms with Gasteiger partial charge in [0.2, 0.25) is 0 Å². The quantitative estimate of drug-likeness (QED) is 0.312. The zero-order chi connectivity index (χ0) is 25.7. The summed E-state index contributed by atoms with van der Waals surface area (Å²) in [5.74, 6) is 4.24. The Bertz CT molecular complexity index is 1380. The van der Waals surface area contributed by atoms with Crippen molar-refractivity contribution in [2.24, 2.45) is 0 Å². The Kier molecular flexibility index (Phi) is 7.44. The third-order valence-corrected chi connectivity index (χ3v) is 5.71. The molecule has 3 heterocycles. The molecule has 0 saturated carbocycles. The van der Waals surface area contributed by atoms with Crippen LogP contribution in [-0.4, -0.2) is 38.1 Å². The highest BCUT2D eigenvalue weighted by molar-refractivity contribution is 6.01. The summed E-state index contributed by atoms with van der Waals surface area (Å²) in [4.78, 5) is 56.7. The molecule has 2 aromatic heterocycles. The van der Waals surface area contributed by atoms with Crippen LogP contribution in [0.25, 0.3) is 5.65 Å². The largest absolute Gasteiger partial charge is 0.348 e. The molecule has 4 rings (SSSR count). The zero-order valence-electron chi connectivity index (χ0n) is 20.2. The van der Waals surface area contributed by atoms with E-state index in [-0.39, 0.29) is 25.2 Å². The first-order valence-electron chi connectivity index (χ1n) is 11.7. The van der Waals surface area contributed by atoms with Crippen molar-refractivity contribution in [3.63, 3.8) is 0 Å². The van der Waals surface area contributed by atoms with Crippen molar-refractivity contribution in [2.75, 3.05) is 0 Å². The van der Waals surface area contributed by atoms with Crippen molar-refractivity contribution in [1.82, 2.24) is 19.8 Å². The summed E-state index contributed by atoms with van der Waals surface area (Å²) < 4.78 is 1.90. The molecule has 1 aliphatic heterocycles. The number of hydrogen-bond acceptors (Lipinski definition) is 6. The fourth-order valence-electron chi connectivity index (χ4n) is 3.85. The number of unbranched alkanes of at least 4 members (excludes halogenated alkanes) is 1. The predicted octanol–water partition coefficient (Wildman–Crippen LogP) is 3.01. The molecule has 1 N–H and O–H groups in total. The number of aromatic nitrogens is 2. The van der Waals surface area contributed by atoms with Gasteiger partial charge < -0.3 is 14.6 Å². The molecule has 0 aliphatic carbocycles. The van der Waals surface area contributed by atoms with Crippen molar-refractivity contribution in [3.05, 3.63) is 70.7 Å². The summed E-state index contributed by atoms with van der Waals surface area (Å²) in [6.45, 7) is 4.25. The number of carbonyl (C=O) groups excluding carboxylic acids is 4. The van der Waals surface area contributed by atoms with Gasteiger partial charge in [0.15, 0.2) is 0 Å². The topological polar surface area (TPSA) is 110 Å². The zero-order valence-corrected chi connectivity index (χ0v) is 20.2. The number of amides is 3. The molecule has 3 aromatic rings. The van der Waals surface area contributed by atoms with Gasteiger partial charge in [-0.2, -0.15) is 0 Å². The van der Waals surface area contributed by atoms with Gasteiger partial charge in [0, 0.05) is 55.4 Å². The van der Waals surface area contributed by atoms with Crippen molar-refractivity contribution in [1.29, 1.82) is 0 Å². The molecule has 9 nitrogen and oxygen atoms in total. The van der Waals surface area contributed by atoms with Gasteiger partial charge in [-0.3, -0.25) is 14.4 Å². The van der Waals surface area contributed by atoms with Crippen LogP contribution in [0.5, 0.6) is 0 Å². The second kappa shape index (κ2) is 10.9. The van der Waals surface area contributed by atoms with Gasteiger partial charge in [-0.1, -0.05) is 24.0 Å². The lowest BCUT2D eigenvalue weighted by atomic mass is 10.1. The van der Waals surface area contributed by atoms with Crippen LogP contribution < -0.4 is 5.32 Å². The van der Waals surface area contributed by atoms with Crippen LogP contribution in [0.2, 0.25) is 0 Å². The molecule has 184 valence electrons. The minimum absolute atomic E-state index is 0.0657. The number of fused-ring (bicyclic) bond motifs is 1. The van der Waals surface area contributed by atoms with Gasteiger partial charge in [-0.25, -0.2) is 9.78 Å². The van der Waals surface area contributed by atoms with Crippen LogP contribution in [0.3, 0.4) is 0 Å². The molecule has 1 fully saturated rings. The number of hydroxylamine groups is 2. The SMILES string of the molecule is Cc1cc(C)n2ccc(C(=O)NCc3ccc(C#CCCCC(=O)ON4C(=O)CCC4=O)cc3)c2n1. The molecule has 0 radical (unpaired) electrons. The van der Waals surface area contributed by atoms with E-state index in [0.717, 1.165) is 22.5 Å². The lowest BCUT2D eigenvalue weighted by Crippen LogP contribution is -2.31. The van der Waals surface area contributed by atoms with E-state index in [1.165, 1.54) is 0 Å². The fourth-order valence-corrected chi connectivity index (χ4v) is 3.85. The molecular weight excluding hydrogens is 460 g/mol. The van der Waals surface area contributed by atoms with Gasteiger partial charge in [-0.05, 0) is 50.1 Å². The summed E-state index contributed by atoms with van der Waals surface area (Å²) in [5.41, 5.74) is 4.80. The Morgan fingerprint density at radius 1 is 1.08 bits per heavy atom. The number of rotatable bonds is 7. The summed E-state index contributed by atoms with van der Waals surface area (Å²) >= 11 is 0. The van der Waals surface area contributed by atoms with Crippen molar-refractivity contribution in [2.45, 2.75) is 52.5 Å². The summed E-state index contributed by atoms with van der Waals surface area (Å²) in [6.07, 6.45) is 2.98. The second-order valence-electron chi connectivity index (χ2n) is 8.54. The Morgan fingerprint density at radius 3 is 2.53 bits per heavy atom. The number of hydrogen-bond donors (Lipinski definition) is 1. The van der Waals surface area contributed by atoms with Gasteiger partial charge in [0.1, 0.15) is 5.65 Å². The molecule has 0 spiro atoms. The average Bonchev–Trinajstić information content (AvgIpc) is 3.42. The standard InChI is InChI=1S/C27H26N4O5/c1-18-16-19(2)30-15-14-22(26(30)29-18)27(35)28-17-21-10-8-20(9-11-21)6-4-3-5-7-25(34)36-31-23(32)12-13-24(31)33/h8-11,14-16H,3,5,7,12-13,17H2,1-2H3,(H,28,35). The third-order valence-electron chi connectivity index (χ3n) is 5.71. The Labute approximate surface area is 208 Å². The molecule has 1 aliphatic rings. The smallest absolute Gasteiger partial charge is 0.333 e. The van der Waals surface area contributed by atoms with Crippen LogP contribution in [0.1, 0.15) is 65.0 Å². The third kappa shape index (κ3) is 5.78. The Balaban J connectivity index is 1.22. The number of aryl methyl sites for hydroxylation is 2. The lowest BCUT2D eigenvalue weighted by Gasteiger charge is -2.11. The molecule has 1 saturated heterocycles. The van der Waals surface area contributed by atoms with Crippen LogP contribution in [0.15, 0.2) is 42.6 Å². The normalized spacial score (nSPS) is 13.0. The first-order chi connectivity index (χ1) is 17.3. The van der Waals surface area contributed by atoms with Crippen molar-refractivity contribution < 1.29 is 24.0 Å². The fraction of sp³-hybridized carbons (Fsp3) is 0.296. The first-order valence-corrected chi connectivity index (χ1v) is 11.7. The van der Waals surface area contributed by atoms with Crippen LogP contribution in [-0.2, 0) is 25.8 Å². The molecule has 0 atom stereocenters. The van der Waals surface area contributed by atoms with E-state index in [1.807, 2.05) is 54.8 Å². The highest BCUT2D eigenvalue weighted by Crippen LogP contribution is 2.15. The highest BCUT2D eigenvalue weighted by atomic mass is 16.7. The Hall–Kier alpha value is -4.45. The first kappa shape index (κ1) is 24.7. The summed E-state index contributed by atoms with van der Waals surface area (Å²) in [7, 11) is 0. The molecular formula is C27H26N4O5. The number of benzene rings is 1. The minimum Gasteiger partial charge on any atom is -0.348 e. The Morgan fingerprint density at radius 2 is 1.81 bits per heavy atom. The lowest BCUT2D eigenvalue weighted by molar-refractivity contribution is -0.197. The van der Waals surface area contributed by atoms with Crippen LogP contribution in [0, 0.1) is 25.7 Å². The second-order valence-corrected chi connectivity index (χ2v) is 8.54. The van der Waals surface area contributed by atoms with E-state index in [2.05, 4.69) is 22.1 Å². The van der Waals surface area contributed by atoms with Gasteiger partial charge in [0.25, 0.3) is 17.7 Å². The predicted molar refractivity (Wildman–Crippen MR) is 130 cm³/mol. The number of nitrogens with zero attached hydrogens (tertiary/aromatic N) is 3. The maximum absolute atomic E-state index is 12.7. The van der Waals surface area contributed by atoms with Gasteiger partial charge >= 0.3 is 5.97 Å². The monoisotopic (exact) mass is 486 g/mol. The van der Waals surface area contributed by atoms with E-state index in [4.69, 9.17) is 4.84 Å². The van der Waals surface area contributed by atoms with E-state index in [9.17, 15) is 19.2 Å². The van der Waals surface area contributed by atoms with E-state index in [0.29, 0.717) is 35.7 Å². The molecule has 0 unspecified atom stereocenters. The van der Waals surface area contributed by atoms with Gasteiger partial charge in [-0.15, -0.1) is 5.06 Å². The molecule has 1 aromatic carbocycles. The molecule has 36 heavy (non-hydrogen) atoms. The van der Waals surface area contributed by atoms with Crippen LogP contribution in [0.4, 0.5) is 0 Å². The van der Waals surface area contributed by atoms with Crippen molar-refractivity contribution >= 4 is 29.3 Å². The van der Waals surface area contributed by atoms with E-state index >= 15 is 0 Å². The molecule has 0 bridgehead atoms. The summed E-state index contributed by atoms with van der Waals surface area (Å²) in [6, 6.07) is 11.3.